The van der Waals surface area contributed by atoms with Crippen LogP contribution >= 0.6 is 22.6 Å². The Bertz CT molecular complexity index is 615. The number of carbonyl (C=O) groups is 1. The molecule has 7 heteroatoms. The topological polar surface area (TPSA) is 54.5 Å². The number of nitrogens with zero attached hydrogens (tertiary/aromatic N) is 4. The number of rotatable bonds is 3. The van der Waals surface area contributed by atoms with Crippen LogP contribution in [0.5, 0.6) is 0 Å². The van der Waals surface area contributed by atoms with E-state index in [1.165, 1.54) is 0 Å². The van der Waals surface area contributed by atoms with E-state index < -0.39 is 0 Å². The Morgan fingerprint density at radius 2 is 2.14 bits per heavy atom. The number of piperazine rings is 1. The fourth-order valence-corrected chi connectivity index (χ4v) is 3.23. The quantitative estimate of drug-likeness (QED) is 0.735. The van der Waals surface area contributed by atoms with Gasteiger partial charge in [0, 0.05) is 39.4 Å². The number of aromatic nitrogens is 2. The van der Waals surface area contributed by atoms with E-state index in [-0.39, 0.29) is 5.91 Å². The van der Waals surface area contributed by atoms with E-state index in [1.54, 1.807) is 10.9 Å². The molecule has 0 unspecified atom stereocenters. The van der Waals surface area contributed by atoms with Crippen LogP contribution in [-0.4, -0.2) is 51.7 Å². The molecule has 0 aliphatic carbocycles. The van der Waals surface area contributed by atoms with E-state index >= 15 is 0 Å². The van der Waals surface area contributed by atoms with Gasteiger partial charge in [-0.15, -0.1) is 0 Å². The van der Waals surface area contributed by atoms with Crippen LogP contribution in [0.2, 0.25) is 0 Å². The maximum absolute atomic E-state index is 12.5. The molecule has 0 spiro atoms. The van der Waals surface area contributed by atoms with Crippen molar-refractivity contribution >= 4 is 28.5 Å². The van der Waals surface area contributed by atoms with Gasteiger partial charge in [0.1, 0.15) is 5.76 Å². The summed E-state index contributed by atoms with van der Waals surface area (Å²) in [6, 6.07) is 3.88. The van der Waals surface area contributed by atoms with Gasteiger partial charge in [0.25, 0.3) is 5.91 Å². The predicted molar refractivity (Wildman–Crippen MR) is 85.8 cm³/mol. The first-order valence-electron chi connectivity index (χ1n) is 6.86. The van der Waals surface area contributed by atoms with Crippen LogP contribution in [0.15, 0.2) is 29.0 Å². The molecule has 112 valence electrons. The Labute approximate surface area is 136 Å². The van der Waals surface area contributed by atoms with Crippen molar-refractivity contribution in [2.45, 2.75) is 6.54 Å². The van der Waals surface area contributed by atoms with E-state index in [9.17, 15) is 4.79 Å². The summed E-state index contributed by atoms with van der Waals surface area (Å²) >= 11 is 2.16. The van der Waals surface area contributed by atoms with Crippen molar-refractivity contribution in [1.82, 2.24) is 19.6 Å². The van der Waals surface area contributed by atoms with Crippen molar-refractivity contribution in [1.29, 1.82) is 0 Å². The van der Waals surface area contributed by atoms with Gasteiger partial charge < -0.3 is 9.32 Å². The zero-order valence-corrected chi connectivity index (χ0v) is 14.0. The van der Waals surface area contributed by atoms with Gasteiger partial charge in [0.15, 0.2) is 5.69 Å². The maximum Gasteiger partial charge on any atom is 0.275 e. The number of amides is 1. The second-order valence-electron chi connectivity index (χ2n) is 5.15. The monoisotopic (exact) mass is 400 g/mol. The first kappa shape index (κ1) is 14.6. The lowest BCUT2D eigenvalue weighted by Crippen LogP contribution is -2.48. The number of aryl methyl sites for hydroxylation is 1. The summed E-state index contributed by atoms with van der Waals surface area (Å²) in [4.78, 5) is 16.6. The maximum atomic E-state index is 12.5. The molecule has 0 aromatic carbocycles. The minimum atomic E-state index is 0.0256. The van der Waals surface area contributed by atoms with Crippen molar-refractivity contribution in [3.8, 4) is 0 Å². The molecule has 0 N–H and O–H groups in total. The van der Waals surface area contributed by atoms with Crippen LogP contribution in [-0.2, 0) is 13.6 Å². The van der Waals surface area contributed by atoms with E-state index in [0.29, 0.717) is 5.69 Å². The third-order valence-electron chi connectivity index (χ3n) is 3.61. The third kappa shape index (κ3) is 3.29. The largest absolute Gasteiger partial charge is 0.468 e. The molecule has 3 rings (SSSR count). The van der Waals surface area contributed by atoms with Crippen LogP contribution in [0.25, 0.3) is 0 Å². The summed E-state index contributed by atoms with van der Waals surface area (Å²) in [6.07, 6.45) is 3.55. The van der Waals surface area contributed by atoms with Crippen molar-refractivity contribution < 1.29 is 9.21 Å². The summed E-state index contributed by atoms with van der Waals surface area (Å²) in [5, 5.41) is 4.25. The lowest BCUT2D eigenvalue weighted by Gasteiger charge is -2.33. The molecule has 0 radical (unpaired) electrons. The zero-order valence-electron chi connectivity index (χ0n) is 11.8. The zero-order chi connectivity index (χ0) is 14.8. The molecular weight excluding hydrogens is 383 g/mol. The molecule has 21 heavy (non-hydrogen) atoms. The van der Waals surface area contributed by atoms with E-state index in [1.807, 2.05) is 30.3 Å². The molecule has 3 heterocycles. The second kappa shape index (κ2) is 6.18. The number of hydrogen-bond donors (Lipinski definition) is 0. The van der Waals surface area contributed by atoms with E-state index in [0.717, 1.165) is 42.1 Å². The van der Waals surface area contributed by atoms with Gasteiger partial charge in [-0.2, -0.15) is 5.10 Å². The average molecular weight is 400 g/mol. The summed E-state index contributed by atoms with van der Waals surface area (Å²) in [7, 11) is 1.83. The molecule has 2 aromatic heterocycles. The fourth-order valence-electron chi connectivity index (χ4n) is 2.49. The fraction of sp³-hybridized carbons (Fsp3) is 0.429. The highest BCUT2D eigenvalue weighted by Crippen LogP contribution is 2.15. The van der Waals surface area contributed by atoms with Gasteiger partial charge in [0.05, 0.1) is 16.4 Å². The number of furan rings is 1. The Morgan fingerprint density at radius 1 is 1.38 bits per heavy atom. The standard InChI is InChI=1S/C14H17IN4O2/c1-17-10-12(15)13(16-17)14(20)19-6-4-18(5-7-19)9-11-3-2-8-21-11/h2-3,8,10H,4-7,9H2,1H3. The Hall–Kier alpha value is -1.35. The van der Waals surface area contributed by atoms with Crippen molar-refractivity contribution in [2.75, 3.05) is 26.2 Å². The molecule has 1 fully saturated rings. The van der Waals surface area contributed by atoms with Crippen molar-refractivity contribution in [3.05, 3.63) is 39.6 Å². The molecule has 1 amide bonds. The minimum Gasteiger partial charge on any atom is -0.468 e. The predicted octanol–water partition coefficient (Wildman–Crippen LogP) is 1.58. The van der Waals surface area contributed by atoms with Gasteiger partial charge in [-0.25, -0.2) is 0 Å². The summed E-state index contributed by atoms with van der Waals surface area (Å²) in [6.45, 7) is 3.97. The highest BCUT2D eigenvalue weighted by Gasteiger charge is 2.25. The Morgan fingerprint density at radius 3 is 2.71 bits per heavy atom. The van der Waals surface area contributed by atoms with Crippen molar-refractivity contribution in [2.24, 2.45) is 7.05 Å². The normalized spacial score (nSPS) is 16.4. The van der Waals surface area contributed by atoms with Gasteiger partial charge in [-0.1, -0.05) is 0 Å². The highest BCUT2D eigenvalue weighted by molar-refractivity contribution is 14.1. The molecule has 1 aliphatic rings. The van der Waals surface area contributed by atoms with Crippen LogP contribution in [0.1, 0.15) is 16.2 Å². The van der Waals surface area contributed by atoms with Gasteiger partial charge in [0.2, 0.25) is 0 Å². The second-order valence-corrected chi connectivity index (χ2v) is 6.31. The Balaban J connectivity index is 1.58. The molecule has 6 nitrogen and oxygen atoms in total. The SMILES string of the molecule is Cn1cc(I)c(C(=O)N2CCN(Cc3ccco3)CC2)n1. The number of carbonyl (C=O) groups excluding carboxylic acids is 1. The van der Waals surface area contributed by atoms with Gasteiger partial charge >= 0.3 is 0 Å². The average Bonchev–Trinajstić information content (AvgIpc) is 3.08. The van der Waals surface area contributed by atoms with Crippen LogP contribution in [0, 0.1) is 3.57 Å². The summed E-state index contributed by atoms with van der Waals surface area (Å²) in [5.74, 6) is 0.992. The van der Waals surface area contributed by atoms with Crippen LogP contribution < -0.4 is 0 Å². The lowest BCUT2D eigenvalue weighted by molar-refractivity contribution is 0.0613. The van der Waals surface area contributed by atoms with Gasteiger partial charge in [-0.05, 0) is 34.7 Å². The van der Waals surface area contributed by atoms with Crippen molar-refractivity contribution in [3.63, 3.8) is 0 Å². The molecule has 2 aromatic rings. The van der Waals surface area contributed by atoms with E-state index in [4.69, 9.17) is 4.42 Å². The Kier molecular flexibility index (Phi) is 4.29. The third-order valence-corrected chi connectivity index (χ3v) is 4.40. The van der Waals surface area contributed by atoms with E-state index in [2.05, 4.69) is 32.6 Å². The number of hydrogen-bond acceptors (Lipinski definition) is 4. The molecular formula is C14H17IN4O2. The first-order chi connectivity index (χ1) is 10.1. The minimum absolute atomic E-state index is 0.0256. The first-order valence-corrected chi connectivity index (χ1v) is 7.94. The number of halogens is 1. The smallest absolute Gasteiger partial charge is 0.275 e. The van der Waals surface area contributed by atoms with Crippen LogP contribution in [0.4, 0.5) is 0 Å². The summed E-state index contributed by atoms with van der Waals surface area (Å²) in [5.41, 5.74) is 0.553. The van der Waals surface area contributed by atoms with Gasteiger partial charge in [-0.3, -0.25) is 14.4 Å². The summed E-state index contributed by atoms with van der Waals surface area (Å²) < 4.78 is 7.95. The molecule has 0 bridgehead atoms. The molecule has 0 atom stereocenters. The molecule has 1 saturated heterocycles. The lowest BCUT2D eigenvalue weighted by atomic mass is 10.2. The highest BCUT2D eigenvalue weighted by atomic mass is 127. The van der Waals surface area contributed by atoms with Crippen LogP contribution in [0.3, 0.4) is 0 Å². The molecule has 0 saturated carbocycles. The molecule has 1 aliphatic heterocycles.